The van der Waals surface area contributed by atoms with Crippen molar-refractivity contribution in [3.8, 4) is 5.75 Å². The van der Waals surface area contributed by atoms with E-state index in [2.05, 4.69) is 38.1 Å². The van der Waals surface area contributed by atoms with Gasteiger partial charge in [-0.15, -0.1) is 0 Å². The minimum absolute atomic E-state index is 0.702. The fourth-order valence-corrected chi connectivity index (χ4v) is 2.85. The molecule has 2 aromatic rings. The number of fused-ring (bicyclic) bond motifs is 1. The lowest BCUT2D eigenvalue weighted by molar-refractivity contribution is -0.131. The summed E-state index contributed by atoms with van der Waals surface area (Å²) in [6.07, 6.45) is 6.85. The third-order valence-corrected chi connectivity index (χ3v) is 4.30. The van der Waals surface area contributed by atoms with Crippen molar-refractivity contribution in [3.05, 3.63) is 70.8 Å². The number of ether oxygens (including phenoxy) is 1. The summed E-state index contributed by atoms with van der Waals surface area (Å²) in [4.78, 5) is 10.6. The summed E-state index contributed by atoms with van der Waals surface area (Å²) in [6.45, 7) is 7.98. The van der Waals surface area contributed by atoms with Crippen LogP contribution in [0.1, 0.15) is 30.5 Å². The molecule has 0 radical (unpaired) electrons. The van der Waals surface area contributed by atoms with Crippen molar-refractivity contribution in [2.75, 3.05) is 7.11 Å². The predicted octanol–water partition coefficient (Wildman–Crippen LogP) is 5.46. The van der Waals surface area contributed by atoms with Crippen LogP contribution in [-0.4, -0.2) is 18.2 Å². The summed E-state index contributed by atoms with van der Waals surface area (Å²) in [5.74, 6) is -0.0210. The summed E-state index contributed by atoms with van der Waals surface area (Å²) in [5.41, 5.74) is 5.29. The normalized spacial score (nSPS) is 12.8. The highest BCUT2D eigenvalue weighted by Crippen LogP contribution is 2.32. The minimum atomic E-state index is -0.932. The second-order valence-corrected chi connectivity index (χ2v) is 6.22. The van der Waals surface area contributed by atoms with E-state index in [4.69, 9.17) is 9.84 Å². The Bertz CT molecular complexity index is 899. The van der Waals surface area contributed by atoms with Crippen LogP contribution in [-0.2, 0) is 4.79 Å². The van der Waals surface area contributed by atoms with Gasteiger partial charge in [0.25, 0.3) is 0 Å². The molecule has 3 heteroatoms. The topological polar surface area (TPSA) is 46.5 Å². The summed E-state index contributed by atoms with van der Waals surface area (Å²) >= 11 is 0. The summed E-state index contributed by atoms with van der Waals surface area (Å²) in [6, 6.07) is 8.50. The standard InChI is InChI=1S/C22H24O3/c1-14(11-22(23)24)7-6-8-15(2)18-9-10-19-17(4)21(25-5)12-16(3)20(19)13-18/h6-13H,1-5H3,(H,23,24)/b7-6+,14-11+,15-8+. The van der Waals surface area contributed by atoms with Gasteiger partial charge in [-0.1, -0.05) is 30.4 Å². The van der Waals surface area contributed by atoms with Crippen molar-refractivity contribution in [3.63, 3.8) is 0 Å². The van der Waals surface area contributed by atoms with E-state index in [-0.39, 0.29) is 0 Å². The average molecular weight is 336 g/mol. The van der Waals surface area contributed by atoms with Gasteiger partial charge in [-0.05, 0) is 78.4 Å². The fourth-order valence-electron chi connectivity index (χ4n) is 2.85. The number of methoxy groups -OCH3 is 1. The number of aryl methyl sites for hydroxylation is 2. The first-order valence-electron chi connectivity index (χ1n) is 8.18. The van der Waals surface area contributed by atoms with Crippen LogP contribution in [0.15, 0.2) is 54.1 Å². The van der Waals surface area contributed by atoms with Gasteiger partial charge in [0.2, 0.25) is 0 Å². The highest BCUT2D eigenvalue weighted by Gasteiger charge is 2.08. The summed E-state index contributed by atoms with van der Waals surface area (Å²) in [7, 11) is 1.70. The van der Waals surface area contributed by atoms with Crippen LogP contribution in [0.4, 0.5) is 0 Å². The lowest BCUT2D eigenvalue weighted by atomic mass is 9.96. The number of rotatable bonds is 5. The Kier molecular flexibility index (Phi) is 5.81. The number of benzene rings is 2. The molecule has 25 heavy (non-hydrogen) atoms. The molecule has 0 atom stereocenters. The molecule has 0 aliphatic carbocycles. The Hall–Kier alpha value is -2.81. The van der Waals surface area contributed by atoms with Crippen molar-refractivity contribution in [2.24, 2.45) is 0 Å². The monoisotopic (exact) mass is 336 g/mol. The van der Waals surface area contributed by atoms with Gasteiger partial charge in [0.1, 0.15) is 5.75 Å². The van der Waals surface area contributed by atoms with Crippen LogP contribution in [0.25, 0.3) is 16.3 Å². The molecule has 0 aliphatic rings. The molecule has 0 aromatic heterocycles. The quantitative estimate of drug-likeness (QED) is 0.583. The number of carboxylic acids is 1. The van der Waals surface area contributed by atoms with Gasteiger partial charge in [0, 0.05) is 6.08 Å². The first kappa shape index (κ1) is 18.5. The number of aliphatic carboxylic acids is 1. The zero-order chi connectivity index (χ0) is 18.6. The lowest BCUT2D eigenvalue weighted by Gasteiger charge is -2.12. The molecule has 0 spiro atoms. The van der Waals surface area contributed by atoms with Gasteiger partial charge in [0.05, 0.1) is 7.11 Å². The molecule has 0 amide bonds. The average Bonchev–Trinajstić information content (AvgIpc) is 2.56. The molecule has 0 unspecified atom stereocenters. The van der Waals surface area contributed by atoms with E-state index < -0.39 is 5.97 Å². The molecule has 0 saturated carbocycles. The largest absolute Gasteiger partial charge is 0.496 e. The molecular weight excluding hydrogens is 312 g/mol. The molecular formula is C22H24O3. The van der Waals surface area contributed by atoms with Crippen molar-refractivity contribution >= 4 is 22.3 Å². The van der Waals surface area contributed by atoms with Gasteiger partial charge >= 0.3 is 5.97 Å². The Morgan fingerprint density at radius 1 is 1.12 bits per heavy atom. The third kappa shape index (κ3) is 4.38. The van der Waals surface area contributed by atoms with Crippen molar-refractivity contribution in [1.29, 1.82) is 0 Å². The second-order valence-electron chi connectivity index (χ2n) is 6.22. The Morgan fingerprint density at radius 2 is 1.84 bits per heavy atom. The molecule has 130 valence electrons. The molecule has 0 saturated heterocycles. The lowest BCUT2D eigenvalue weighted by Crippen LogP contribution is -1.92. The van der Waals surface area contributed by atoms with E-state index in [1.165, 1.54) is 22.4 Å². The fraction of sp³-hybridized carbons (Fsp3) is 0.227. The highest BCUT2D eigenvalue weighted by atomic mass is 16.5. The molecule has 3 nitrogen and oxygen atoms in total. The van der Waals surface area contributed by atoms with Gasteiger partial charge in [-0.25, -0.2) is 4.79 Å². The second kappa shape index (κ2) is 7.84. The number of hydrogen-bond acceptors (Lipinski definition) is 2. The number of allylic oxidation sites excluding steroid dienone is 5. The number of carboxylic acid groups (broad SMARTS) is 1. The molecule has 1 N–H and O–H groups in total. The van der Waals surface area contributed by atoms with Crippen LogP contribution in [0.3, 0.4) is 0 Å². The summed E-state index contributed by atoms with van der Waals surface area (Å²) < 4.78 is 5.45. The van der Waals surface area contributed by atoms with E-state index in [1.54, 1.807) is 20.1 Å². The van der Waals surface area contributed by atoms with E-state index >= 15 is 0 Å². The van der Waals surface area contributed by atoms with Crippen molar-refractivity contribution in [2.45, 2.75) is 27.7 Å². The first-order valence-corrected chi connectivity index (χ1v) is 8.18. The van der Waals surface area contributed by atoms with E-state index in [9.17, 15) is 4.79 Å². The van der Waals surface area contributed by atoms with Crippen molar-refractivity contribution in [1.82, 2.24) is 0 Å². The molecule has 0 heterocycles. The number of hydrogen-bond donors (Lipinski definition) is 1. The molecule has 0 aliphatic heterocycles. The van der Waals surface area contributed by atoms with Gasteiger partial charge in [-0.3, -0.25) is 0 Å². The van der Waals surface area contributed by atoms with Crippen molar-refractivity contribution < 1.29 is 14.6 Å². The smallest absolute Gasteiger partial charge is 0.328 e. The zero-order valence-electron chi connectivity index (χ0n) is 15.4. The van der Waals surface area contributed by atoms with Crippen LogP contribution in [0.5, 0.6) is 5.75 Å². The Labute approximate surface area is 148 Å². The maximum atomic E-state index is 10.6. The van der Waals surface area contributed by atoms with Crippen LogP contribution in [0, 0.1) is 13.8 Å². The van der Waals surface area contributed by atoms with Crippen LogP contribution < -0.4 is 4.74 Å². The third-order valence-electron chi connectivity index (χ3n) is 4.30. The predicted molar refractivity (Wildman–Crippen MR) is 104 cm³/mol. The highest BCUT2D eigenvalue weighted by molar-refractivity contribution is 5.92. The first-order chi connectivity index (χ1) is 11.8. The zero-order valence-corrected chi connectivity index (χ0v) is 15.4. The van der Waals surface area contributed by atoms with Gasteiger partial charge < -0.3 is 9.84 Å². The molecule has 2 aromatic carbocycles. The molecule has 0 fully saturated rings. The maximum Gasteiger partial charge on any atom is 0.328 e. The minimum Gasteiger partial charge on any atom is -0.496 e. The molecule has 2 rings (SSSR count). The van der Waals surface area contributed by atoms with Crippen LogP contribution in [0.2, 0.25) is 0 Å². The Balaban J connectivity index is 2.38. The van der Waals surface area contributed by atoms with Gasteiger partial charge in [-0.2, -0.15) is 0 Å². The number of carbonyl (C=O) groups is 1. The van der Waals surface area contributed by atoms with E-state index in [1.807, 2.05) is 19.1 Å². The van der Waals surface area contributed by atoms with Crippen LogP contribution >= 0.6 is 0 Å². The van der Waals surface area contributed by atoms with E-state index in [0.29, 0.717) is 5.57 Å². The maximum absolute atomic E-state index is 10.6. The Morgan fingerprint density at radius 3 is 2.48 bits per heavy atom. The van der Waals surface area contributed by atoms with Gasteiger partial charge in [0.15, 0.2) is 0 Å². The molecule has 0 bridgehead atoms. The summed E-state index contributed by atoms with van der Waals surface area (Å²) in [5, 5.41) is 11.1. The SMILES string of the molecule is COc1cc(C)c2cc(/C(C)=C/C=C/C(C)=C/C(=O)O)ccc2c1C. The van der Waals surface area contributed by atoms with E-state index in [0.717, 1.165) is 22.4 Å².